The van der Waals surface area contributed by atoms with Crippen LogP contribution in [-0.2, 0) is 11.3 Å². The third kappa shape index (κ3) is 4.31. The number of ether oxygens (including phenoxy) is 2. The Hall–Kier alpha value is -3.92. The van der Waals surface area contributed by atoms with Crippen molar-refractivity contribution in [2.75, 3.05) is 11.4 Å². The van der Waals surface area contributed by atoms with E-state index in [4.69, 9.17) is 16.0 Å². The van der Waals surface area contributed by atoms with Gasteiger partial charge in [-0.1, -0.05) is 23.7 Å². The van der Waals surface area contributed by atoms with E-state index in [0.717, 1.165) is 17.5 Å². The zero-order valence-electron chi connectivity index (χ0n) is 19.5. The summed E-state index contributed by atoms with van der Waals surface area (Å²) < 4.78 is 43.0. The van der Waals surface area contributed by atoms with E-state index in [1.54, 1.807) is 37.3 Å². The first-order valence-electron chi connectivity index (χ1n) is 11.7. The number of hydrogen-bond acceptors (Lipinski definition) is 6. The summed E-state index contributed by atoms with van der Waals surface area (Å²) in [4.78, 5) is 28.1. The Labute approximate surface area is 213 Å². The molecule has 1 amide bonds. The Morgan fingerprint density at radius 1 is 1.16 bits per heavy atom. The summed E-state index contributed by atoms with van der Waals surface area (Å²) in [6, 6.07) is 12.8. The second kappa shape index (κ2) is 8.58. The number of amides is 1. The number of likely N-dealkylation sites (N-methyl/N-ethyl adjacent to an activating group) is 1. The van der Waals surface area contributed by atoms with Gasteiger partial charge in [-0.15, -0.1) is 8.78 Å². The molecule has 0 N–H and O–H groups in total. The maximum Gasteiger partial charge on any atom is 0.586 e. The molecule has 190 valence electrons. The molecule has 1 saturated carbocycles. The largest absolute Gasteiger partial charge is 0.586 e. The molecule has 0 radical (unpaired) electrons. The van der Waals surface area contributed by atoms with Gasteiger partial charge in [-0.3, -0.25) is 9.59 Å². The van der Waals surface area contributed by atoms with Gasteiger partial charge < -0.3 is 18.8 Å². The lowest BCUT2D eigenvalue weighted by Crippen LogP contribution is -2.37. The molecule has 0 spiro atoms. The SMILES string of the molecule is CCN(C(=O)Cn1nc(-c2cccc(Cl)c2)c2oc(C3CC3)cc2c1=O)c1ccc2c(c1)OC(F)(F)O2. The van der Waals surface area contributed by atoms with Crippen LogP contribution in [0.3, 0.4) is 0 Å². The molecule has 0 bridgehead atoms. The predicted octanol–water partition coefficient (Wildman–Crippen LogP) is 5.56. The second-order valence-electron chi connectivity index (χ2n) is 8.92. The zero-order chi connectivity index (χ0) is 25.9. The molecule has 37 heavy (non-hydrogen) atoms. The Kier molecular flexibility index (Phi) is 5.45. The van der Waals surface area contributed by atoms with E-state index < -0.39 is 17.8 Å². The molecule has 1 aliphatic carbocycles. The molecule has 3 heterocycles. The summed E-state index contributed by atoms with van der Waals surface area (Å²) in [5.74, 6) is 0.208. The van der Waals surface area contributed by atoms with Crippen molar-refractivity contribution in [2.45, 2.75) is 38.5 Å². The maximum absolute atomic E-state index is 13.4. The van der Waals surface area contributed by atoms with Gasteiger partial charge in [0, 0.05) is 34.8 Å². The topological polar surface area (TPSA) is 86.8 Å². The van der Waals surface area contributed by atoms with Crippen LogP contribution >= 0.6 is 11.6 Å². The van der Waals surface area contributed by atoms with E-state index >= 15 is 0 Å². The van der Waals surface area contributed by atoms with Gasteiger partial charge in [0.05, 0.1) is 5.39 Å². The van der Waals surface area contributed by atoms with E-state index in [9.17, 15) is 18.4 Å². The maximum atomic E-state index is 13.4. The van der Waals surface area contributed by atoms with Crippen molar-refractivity contribution in [2.24, 2.45) is 0 Å². The molecule has 2 aromatic heterocycles. The fraction of sp³-hybridized carbons (Fsp3) is 0.269. The molecule has 4 aromatic rings. The van der Waals surface area contributed by atoms with Gasteiger partial charge in [0.1, 0.15) is 18.0 Å². The first-order valence-corrected chi connectivity index (χ1v) is 12.1. The molecule has 1 fully saturated rings. The monoisotopic (exact) mass is 527 g/mol. The molecule has 8 nitrogen and oxygen atoms in total. The van der Waals surface area contributed by atoms with Crippen molar-refractivity contribution in [1.29, 1.82) is 0 Å². The summed E-state index contributed by atoms with van der Waals surface area (Å²) in [5, 5.41) is 5.31. The lowest BCUT2D eigenvalue weighted by molar-refractivity contribution is -0.286. The van der Waals surface area contributed by atoms with Crippen molar-refractivity contribution in [1.82, 2.24) is 9.78 Å². The molecule has 0 saturated heterocycles. The number of hydrogen-bond donors (Lipinski definition) is 0. The van der Waals surface area contributed by atoms with Crippen molar-refractivity contribution in [3.8, 4) is 22.8 Å². The highest BCUT2D eigenvalue weighted by Crippen LogP contribution is 2.44. The fourth-order valence-electron chi connectivity index (χ4n) is 4.42. The quantitative estimate of drug-likeness (QED) is 0.326. The van der Waals surface area contributed by atoms with Crippen molar-refractivity contribution < 1.29 is 27.5 Å². The Bertz CT molecular complexity index is 1610. The van der Waals surface area contributed by atoms with E-state index in [-0.39, 0.29) is 30.5 Å². The Morgan fingerprint density at radius 3 is 2.68 bits per heavy atom. The summed E-state index contributed by atoms with van der Waals surface area (Å²) in [6.07, 6.45) is -1.80. The highest BCUT2D eigenvalue weighted by atomic mass is 35.5. The molecule has 6 rings (SSSR count). The predicted molar refractivity (Wildman–Crippen MR) is 131 cm³/mol. The molecule has 2 aromatic carbocycles. The molecular formula is C26H20ClF2N3O5. The molecule has 0 atom stereocenters. The first kappa shape index (κ1) is 23.5. The summed E-state index contributed by atoms with van der Waals surface area (Å²) in [7, 11) is 0. The van der Waals surface area contributed by atoms with Gasteiger partial charge in [-0.25, -0.2) is 4.68 Å². The molecule has 0 unspecified atom stereocenters. The highest BCUT2D eigenvalue weighted by molar-refractivity contribution is 6.30. The van der Waals surface area contributed by atoms with Gasteiger partial charge >= 0.3 is 6.29 Å². The number of nitrogens with zero attached hydrogens (tertiary/aromatic N) is 3. The number of rotatable bonds is 6. The third-order valence-corrected chi connectivity index (χ3v) is 6.56. The van der Waals surface area contributed by atoms with E-state index in [1.165, 1.54) is 23.1 Å². The van der Waals surface area contributed by atoms with Crippen LogP contribution in [0.25, 0.3) is 22.2 Å². The molecule has 11 heteroatoms. The number of alkyl halides is 2. The van der Waals surface area contributed by atoms with Crippen LogP contribution in [0.4, 0.5) is 14.5 Å². The van der Waals surface area contributed by atoms with Crippen LogP contribution in [0, 0.1) is 0 Å². The van der Waals surface area contributed by atoms with Crippen LogP contribution < -0.4 is 19.9 Å². The number of anilines is 1. The molecule has 1 aliphatic heterocycles. The standard InChI is InChI=1S/C26H20ClF2N3O5/c1-2-31(17-8-9-19-21(11-17)37-26(28,29)36-19)22(33)13-32-25(34)18-12-20(14-6-7-14)35-24(18)23(30-32)15-4-3-5-16(27)10-15/h3-5,8-12,14H,2,6-7,13H2,1H3. The van der Waals surface area contributed by atoms with Crippen molar-refractivity contribution >= 4 is 34.2 Å². The number of carbonyl (C=O) groups is 1. The smallest absolute Gasteiger partial charge is 0.458 e. The average molecular weight is 528 g/mol. The van der Waals surface area contributed by atoms with Crippen LogP contribution in [0.15, 0.2) is 57.7 Å². The summed E-state index contributed by atoms with van der Waals surface area (Å²) in [6.45, 7) is 1.56. The van der Waals surface area contributed by atoms with Crippen LogP contribution in [0.2, 0.25) is 5.02 Å². The lowest BCUT2D eigenvalue weighted by atomic mass is 10.1. The lowest BCUT2D eigenvalue weighted by Gasteiger charge is -2.21. The van der Waals surface area contributed by atoms with Crippen LogP contribution in [0.1, 0.15) is 31.4 Å². The van der Waals surface area contributed by atoms with Crippen LogP contribution in [0.5, 0.6) is 11.5 Å². The van der Waals surface area contributed by atoms with Gasteiger partial charge in [-0.05, 0) is 50.1 Å². The average Bonchev–Trinajstić information content (AvgIpc) is 3.52. The first-order chi connectivity index (χ1) is 17.7. The summed E-state index contributed by atoms with van der Waals surface area (Å²) in [5.41, 5.74) is 1.23. The van der Waals surface area contributed by atoms with Gasteiger partial charge in [0.2, 0.25) is 5.91 Å². The number of fused-ring (bicyclic) bond motifs is 2. The number of carbonyl (C=O) groups excluding carboxylic acids is 1. The van der Waals surface area contributed by atoms with Gasteiger partial charge in [0.25, 0.3) is 5.56 Å². The minimum Gasteiger partial charge on any atom is -0.458 e. The second-order valence-corrected chi connectivity index (χ2v) is 9.36. The minimum absolute atomic E-state index is 0.127. The van der Waals surface area contributed by atoms with E-state index in [2.05, 4.69) is 14.6 Å². The fourth-order valence-corrected chi connectivity index (χ4v) is 4.61. The number of halogens is 3. The third-order valence-electron chi connectivity index (χ3n) is 6.33. The molecule has 2 aliphatic rings. The van der Waals surface area contributed by atoms with Crippen molar-refractivity contribution in [3.05, 3.63) is 69.7 Å². The Morgan fingerprint density at radius 2 is 1.95 bits per heavy atom. The normalized spacial score (nSPS) is 15.8. The highest BCUT2D eigenvalue weighted by Gasteiger charge is 2.43. The van der Waals surface area contributed by atoms with Crippen LogP contribution in [-0.4, -0.2) is 28.5 Å². The number of benzene rings is 2. The van der Waals surface area contributed by atoms with Gasteiger partial charge in [-0.2, -0.15) is 5.10 Å². The van der Waals surface area contributed by atoms with E-state index in [1.807, 2.05) is 0 Å². The molecular weight excluding hydrogens is 508 g/mol. The number of aromatic nitrogens is 2. The van der Waals surface area contributed by atoms with Gasteiger partial charge in [0.15, 0.2) is 17.1 Å². The summed E-state index contributed by atoms with van der Waals surface area (Å²) >= 11 is 6.20. The zero-order valence-corrected chi connectivity index (χ0v) is 20.3. The van der Waals surface area contributed by atoms with E-state index in [0.29, 0.717) is 38.7 Å². The van der Waals surface area contributed by atoms with Crippen molar-refractivity contribution in [3.63, 3.8) is 0 Å². The Balaban J connectivity index is 1.38. The number of furan rings is 1. The minimum atomic E-state index is -3.77.